The molecule has 0 radical (unpaired) electrons. The Bertz CT molecular complexity index is 891. The Morgan fingerprint density at radius 3 is 2.55 bits per heavy atom. The minimum atomic E-state index is -0.132. The number of halogens is 1. The number of nitrogens with zero attached hydrogens (tertiary/aromatic N) is 3. The van der Waals surface area contributed by atoms with E-state index < -0.39 is 0 Å². The highest BCUT2D eigenvalue weighted by atomic mass is 35.5. The second-order valence-corrected chi connectivity index (χ2v) is 7.88. The van der Waals surface area contributed by atoms with Gasteiger partial charge in [0, 0.05) is 17.0 Å². The van der Waals surface area contributed by atoms with Crippen molar-refractivity contribution in [3.8, 4) is 5.75 Å². The molecule has 2 aliphatic rings. The Morgan fingerprint density at radius 1 is 1.14 bits per heavy atom. The van der Waals surface area contributed by atoms with Gasteiger partial charge in [-0.3, -0.25) is 9.69 Å². The maximum Gasteiger partial charge on any atom is 0.257 e. The second-order valence-electron chi connectivity index (χ2n) is 7.47. The molecule has 0 saturated carbocycles. The van der Waals surface area contributed by atoms with Crippen LogP contribution in [0.25, 0.3) is 0 Å². The van der Waals surface area contributed by atoms with Crippen LogP contribution in [-0.2, 0) is 4.79 Å². The lowest BCUT2D eigenvalue weighted by molar-refractivity contribution is -0.134. The van der Waals surface area contributed by atoms with Crippen molar-refractivity contribution in [3.05, 3.63) is 64.7 Å². The highest BCUT2D eigenvalue weighted by Crippen LogP contribution is 2.35. The highest BCUT2D eigenvalue weighted by molar-refractivity contribution is 6.34. The monoisotopic (exact) mass is 411 g/mol. The topological polar surface area (TPSA) is 45.1 Å². The van der Waals surface area contributed by atoms with Gasteiger partial charge in [-0.25, -0.2) is 5.01 Å². The second kappa shape index (κ2) is 8.97. The Hall–Kier alpha value is -2.37. The summed E-state index contributed by atoms with van der Waals surface area (Å²) < 4.78 is 5.56. The Morgan fingerprint density at radius 2 is 1.86 bits per heavy atom. The molecule has 1 atom stereocenters. The van der Waals surface area contributed by atoms with Crippen LogP contribution in [0.3, 0.4) is 0 Å². The summed E-state index contributed by atoms with van der Waals surface area (Å²) in [6, 6.07) is 15.5. The van der Waals surface area contributed by atoms with Crippen LogP contribution in [0.5, 0.6) is 5.75 Å². The average molecular weight is 412 g/mol. The Labute approximate surface area is 176 Å². The third-order valence-electron chi connectivity index (χ3n) is 5.48. The first-order chi connectivity index (χ1) is 14.2. The van der Waals surface area contributed by atoms with Crippen LogP contribution in [0, 0.1) is 0 Å². The number of hydrazone groups is 1. The molecular formula is C23H26ClN3O2. The van der Waals surface area contributed by atoms with E-state index in [0.717, 1.165) is 48.5 Å². The SMILES string of the molecule is CCOc1ccc(C2CC(c3ccccc3Cl)=NN2C(=O)CN2CCCC2)cc1. The molecule has 0 N–H and O–H groups in total. The van der Waals surface area contributed by atoms with E-state index in [9.17, 15) is 4.79 Å². The van der Waals surface area contributed by atoms with Gasteiger partial charge in [0.25, 0.3) is 5.91 Å². The lowest BCUT2D eigenvalue weighted by Crippen LogP contribution is -2.36. The van der Waals surface area contributed by atoms with Gasteiger partial charge in [-0.1, -0.05) is 41.9 Å². The first-order valence-corrected chi connectivity index (χ1v) is 10.6. The van der Waals surface area contributed by atoms with Crippen LogP contribution in [0.1, 0.15) is 43.4 Å². The van der Waals surface area contributed by atoms with Gasteiger partial charge in [0.05, 0.1) is 24.9 Å². The van der Waals surface area contributed by atoms with Crippen LogP contribution in [0.4, 0.5) is 0 Å². The van der Waals surface area contributed by atoms with Gasteiger partial charge >= 0.3 is 0 Å². The molecule has 6 heteroatoms. The van der Waals surface area contributed by atoms with Crippen molar-refractivity contribution in [2.45, 2.75) is 32.2 Å². The summed E-state index contributed by atoms with van der Waals surface area (Å²) in [6.45, 7) is 4.96. The molecule has 1 fully saturated rings. The molecule has 2 aromatic rings. The molecule has 152 valence electrons. The molecule has 1 saturated heterocycles. The predicted molar refractivity (Wildman–Crippen MR) is 115 cm³/mol. The zero-order chi connectivity index (χ0) is 20.2. The normalized spacial score (nSPS) is 19.4. The van der Waals surface area contributed by atoms with Crippen LogP contribution in [0.15, 0.2) is 53.6 Å². The van der Waals surface area contributed by atoms with Gasteiger partial charge in [0.1, 0.15) is 5.75 Å². The number of rotatable bonds is 6. The number of hydrogen-bond donors (Lipinski definition) is 0. The van der Waals surface area contributed by atoms with E-state index in [2.05, 4.69) is 4.90 Å². The van der Waals surface area contributed by atoms with Crippen molar-refractivity contribution >= 4 is 23.2 Å². The van der Waals surface area contributed by atoms with Gasteiger partial charge in [-0.05, 0) is 56.6 Å². The molecule has 4 rings (SSSR count). The van der Waals surface area contributed by atoms with E-state index in [1.54, 1.807) is 5.01 Å². The fourth-order valence-electron chi connectivity index (χ4n) is 4.02. The average Bonchev–Trinajstić information content (AvgIpc) is 3.39. The molecule has 0 bridgehead atoms. The molecular weight excluding hydrogens is 386 g/mol. The molecule has 29 heavy (non-hydrogen) atoms. The van der Waals surface area contributed by atoms with Gasteiger partial charge < -0.3 is 4.74 Å². The zero-order valence-corrected chi connectivity index (χ0v) is 17.4. The maximum atomic E-state index is 13.1. The van der Waals surface area contributed by atoms with E-state index >= 15 is 0 Å². The lowest BCUT2D eigenvalue weighted by atomic mass is 9.98. The Kier molecular flexibility index (Phi) is 6.16. The van der Waals surface area contributed by atoms with Gasteiger partial charge in [0.2, 0.25) is 0 Å². The number of carbonyl (C=O) groups is 1. The highest BCUT2D eigenvalue weighted by Gasteiger charge is 2.34. The molecule has 1 amide bonds. The van der Waals surface area contributed by atoms with Gasteiger partial charge in [-0.2, -0.15) is 5.10 Å². The number of carbonyl (C=O) groups excluding carboxylic acids is 1. The fraction of sp³-hybridized carbons (Fsp3) is 0.391. The first kappa shape index (κ1) is 19.9. The van der Waals surface area contributed by atoms with E-state index in [0.29, 0.717) is 24.6 Å². The molecule has 0 spiro atoms. The quantitative estimate of drug-likeness (QED) is 0.702. The van der Waals surface area contributed by atoms with Crippen molar-refractivity contribution in [1.29, 1.82) is 0 Å². The van der Waals surface area contributed by atoms with Crippen molar-refractivity contribution in [1.82, 2.24) is 9.91 Å². The zero-order valence-electron chi connectivity index (χ0n) is 16.7. The summed E-state index contributed by atoms with van der Waals surface area (Å²) in [5.74, 6) is 0.865. The van der Waals surface area contributed by atoms with Gasteiger partial charge in [0.15, 0.2) is 0 Å². The maximum absolute atomic E-state index is 13.1. The van der Waals surface area contributed by atoms with Crippen LogP contribution >= 0.6 is 11.6 Å². The molecule has 2 heterocycles. The van der Waals surface area contributed by atoms with E-state index in [1.807, 2.05) is 55.5 Å². The number of benzene rings is 2. The minimum Gasteiger partial charge on any atom is -0.494 e. The van der Waals surface area contributed by atoms with Crippen molar-refractivity contribution < 1.29 is 9.53 Å². The number of ether oxygens (including phenoxy) is 1. The van der Waals surface area contributed by atoms with E-state index in [1.165, 1.54) is 0 Å². The standard InChI is InChI=1S/C23H26ClN3O2/c1-2-29-18-11-9-17(10-12-18)22-15-21(19-7-3-4-8-20(19)24)25-27(22)23(28)16-26-13-5-6-14-26/h3-4,7-12,22H,2,5-6,13-16H2,1H3. The largest absolute Gasteiger partial charge is 0.494 e. The van der Waals surface area contributed by atoms with Crippen LogP contribution < -0.4 is 4.74 Å². The lowest BCUT2D eigenvalue weighted by Gasteiger charge is -2.24. The summed E-state index contributed by atoms with van der Waals surface area (Å²) in [5, 5.41) is 7.05. The third-order valence-corrected chi connectivity index (χ3v) is 5.81. The number of amides is 1. The summed E-state index contributed by atoms with van der Waals surface area (Å²) in [5.41, 5.74) is 2.79. The molecule has 2 aromatic carbocycles. The van der Waals surface area contributed by atoms with Gasteiger partial charge in [-0.15, -0.1) is 0 Å². The molecule has 0 aromatic heterocycles. The predicted octanol–water partition coefficient (Wildman–Crippen LogP) is 4.51. The molecule has 2 aliphatic heterocycles. The number of hydrogen-bond acceptors (Lipinski definition) is 4. The molecule has 0 aliphatic carbocycles. The third kappa shape index (κ3) is 4.46. The minimum absolute atomic E-state index is 0.0350. The first-order valence-electron chi connectivity index (χ1n) is 10.2. The van der Waals surface area contributed by atoms with Crippen molar-refractivity contribution in [3.63, 3.8) is 0 Å². The smallest absolute Gasteiger partial charge is 0.257 e. The summed E-state index contributed by atoms with van der Waals surface area (Å²) in [7, 11) is 0. The van der Waals surface area contributed by atoms with Crippen LogP contribution in [0.2, 0.25) is 5.02 Å². The molecule has 5 nitrogen and oxygen atoms in total. The van der Waals surface area contributed by atoms with Crippen LogP contribution in [-0.4, -0.2) is 47.8 Å². The van der Waals surface area contributed by atoms with E-state index in [4.69, 9.17) is 21.4 Å². The van der Waals surface area contributed by atoms with E-state index in [-0.39, 0.29) is 11.9 Å². The van der Waals surface area contributed by atoms with Crippen molar-refractivity contribution in [2.24, 2.45) is 5.10 Å². The van der Waals surface area contributed by atoms with Crippen molar-refractivity contribution in [2.75, 3.05) is 26.2 Å². The summed E-state index contributed by atoms with van der Waals surface area (Å²) in [6.07, 6.45) is 2.96. The number of likely N-dealkylation sites (tertiary alicyclic amines) is 1. The Balaban J connectivity index is 1.61. The summed E-state index contributed by atoms with van der Waals surface area (Å²) >= 11 is 6.41. The fourth-order valence-corrected chi connectivity index (χ4v) is 4.26. The summed E-state index contributed by atoms with van der Waals surface area (Å²) in [4.78, 5) is 15.3. The molecule has 1 unspecified atom stereocenters.